The molecule has 0 fully saturated rings. The average molecular weight is 316 g/mol. The Balaban J connectivity index is 2.37. The fourth-order valence-corrected chi connectivity index (χ4v) is 1.75. The number of anilines is 2. The molecule has 2 aromatic carbocycles. The normalized spacial score (nSPS) is 11.3. The summed E-state index contributed by atoms with van der Waals surface area (Å²) < 4.78 is 64.8. The lowest BCUT2D eigenvalue weighted by molar-refractivity contribution is -0.137. The van der Waals surface area contributed by atoms with Gasteiger partial charge in [0.2, 0.25) is 0 Å². The molecule has 0 atom stereocenters. The second-order valence-corrected chi connectivity index (χ2v) is 4.38. The van der Waals surface area contributed by atoms with Crippen LogP contribution in [0.15, 0.2) is 36.4 Å². The van der Waals surface area contributed by atoms with Crippen LogP contribution < -0.4 is 11.1 Å². The van der Waals surface area contributed by atoms with Crippen LogP contribution in [0.1, 0.15) is 15.9 Å². The van der Waals surface area contributed by atoms with Crippen LogP contribution in [0.25, 0.3) is 0 Å². The summed E-state index contributed by atoms with van der Waals surface area (Å²) in [5.74, 6) is -3.05. The monoisotopic (exact) mass is 316 g/mol. The summed E-state index contributed by atoms with van der Waals surface area (Å²) in [6, 6.07) is 4.73. The average Bonchev–Trinajstić information content (AvgIpc) is 2.41. The van der Waals surface area contributed by atoms with Gasteiger partial charge in [0, 0.05) is 5.69 Å². The van der Waals surface area contributed by atoms with Gasteiger partial charge in [-0.05, 0) is 36.4 Å². The summed E-state index contributed by atoms with van der Waals surface area (Å²) in [7, 11) is 0. The molecule has 1 amide bonds. The number of nitrogen functional groups attached to an aromatic ring is 1. The molecule has 3 N–H and O–H groups in total. The predicted molar refractivity (Wildman–Crippen MR) is 70.2 cm³/mol. The van der Waals surface area contributed by atoms with Gasteiger partial charge < -0.3 is 11.1 Å². The number of carbonyl (C=O) groups excluding carboxylic acids is 1. The predicted octanol–water partition coefficient (Wildman–Crippen LogP) is 3.82. The van der Waals surface area contributed by atoms with E-state index in [0.717, 1.165) is 12.1 Å². The van der Waals surface area contributed by atoms with E-state index in [-0.39, 0.29) is 11.4 Å². The molecule has 0 aliphatic heterocycles. The van der Waals surface area contributed by atoms with E-state index in [2.05, 4.69) is 5.32 Å². The number of hydrogen-bond acceptors (Lipinski definition) is 2. The van der Waals surface area contributed by atoms with Crippen molar-refractivity contribution < 1.29 is 26.7 Å². The summed E-state index contributed by atoms with van der Waals surface area (Å²) in [6.45, 7) is 0. The first-order chi connectivity index (χ1) is 10.2. The molecule has 2 rings (SSSR count). The molecule has 0 aliphatic carbocycles. The Kier molecular flexibility index (Phi) is 4.03. The Morgan fingerprint density at radius 3 is 2.32 bits per heavy atom. The zero-order valence-electron chi connectivity index (χ0n) is 10.8. The molecule has 22 heavy (non-hydrogen) atoms. The third-order valence-electron chi connectivity index (χ3n) is 2.79. The molecule has 0 saturated carbocycles. The summed E-state index contributed by atoms with van der Waals surface area (Å²) in [5, 5.41) is 2.06. The minimum absolute atomic E-state index is 0.103. The first-order valence-corrected chi connectivity index (χ1v) is 5.91. The van der Waals surface area contributed by atoms with Crippen molar-refractivity contribution in [3.8, 4) is 0 Å². The number of rotatable bonds is 2. The molecule has 116 valence electrons. The number of benzene rings is 2. The Morgan fingerprint density at radius 2 is 1.73 bits per heavy atom. The molecule has 0 unspecified atom stereocenters. The van der Waals surface area contributed by atoms with E-state index in [1.54, 1.807) is 0 Å². The largest absolute Gasteiger partial charge is 0.417 e. The fourth-order valence-electron chi connectivity index (χ4n) is 1.75. The maximum Gasteiger partial charge on any atom is 0.417 e. The zero-order valence-corrected chi connectivity index (χ0v) is 10.8. The van der Waals surface area contributed by atoms with E-state index in [9.17, 15) is 26.7 Å². The van der Waals surface area contributed by atoms with Crippen LogP contribution in [0.2, 0.25) is 0 Å². The van der Waals surface area contributed by atoms with E-state index in [1.807, 2.05) is 0 Å². The molecule has 2 aromatic rings. The van der Waals surface area contributed by atoms with Gasteiger partial charge in [-0.15, -0.1) is 0 Å². The highest BCUT2D eigenvalue weighted by Crippen LogP contribution is 2.32. The van der Waals surface area contributed by atoms with Gasteiger partial charge in [0.05, 0.1) is 16.8 Å². The van der Waals surface area contributed by atoms with Crippen LogP contribution in [-0.2, 0) is 6.18 Å². The Morgan fingerprint density at radius 1 is 1.05 bits per heavy atom. The second kappa shape index (κ2) is 5.63. The summed E-state index contributed by atoms with van der Waals surface area (Å²) >= 11 is 0. The molecule has 0 saturated heterocycles. The first-order valence-electron chi connectivity index (χ1n) is 5.91. The standard InChI is InChI=1S/C14H9F5N2O/c15-7-1-3-10(14(17,18)19)9(5-7)13(22)21-8-2-4-12(20)11(16)6-8/h1-6H,20H2,(H,21,22). The van der Waals surface area contributed by atoms with Crippen LogP contribution in [0, 0.1) is 11.6 Å². The number of nitrogens with one attached hydrogen (secondary N) is 1. The SMILES string of the molecule is Nc1ccc(NC(=O)c2cc(F)ccc2C(F)(F)F)cc1F. The molecule has 8 heteroatoms. The molecular formula is C14H9F5N2O. The summed E-state index contributed by atoms with van der Waals surface area (Å²) in [5.41, 5.74) is 2.77. The van der Waals surface area contributed by atoms with Gasteiger partial charge in [0.15, 0.2) is 0 Å². The molecule has 0 radical (unpaired) electrons. The lowest BCUT2D eigenvalue weighted by Crippen LogP contribution is -2.19. The zero-order chi connectivity index (χ0) is 16.5. The van der Waals surface area contributed by atoms with E-state index < -0.39 is 34.8 Å². The van der Waals surface area contributed by atoms with Gasteiger partial charge in [-0.25, -0.2) is 8.78 Å². The van der Waals surface area contributed by atoms with Crippen molar-refractivity contribution >= 4 is 17.3 Å². The summed E-state index contributed by atoms with van der Waals surface area (Å²) in [6.07, 6.45) is -4.83. The maximum absolute atomic E-state index is 13.2. The highest BCUT2D eigenvalue weighted by atomic mass is 19.4. The number of amides is 1. The van der Waals surface area contributed by atoms with Gasteiger partial charge in [0.1, 0.15) is 11.6 Å². The van der Waals surface area contributed by atoms with Crippen molar-refractivity contribution in [3.63, 3.8) is 0 Å². The van der Waals surface area contributed by atoms with E-state index in [1.165, 1.54) is 6.07 Å². The minimum Gasteiger partial charge on any atom is -0.396 e. The molecular weight excluding hydrogens is 307 g/mol. The summed E-state index contributed by atoms with van der Waals surface area (Å²) in [4.78, 5) is 11.9. The van der Waals surface area contributed by atoms with Gasteiger partial charge in [-0.2, -0.15) is 13.2 Å². The fraction of sp³-hybridized carbons (Fsp3) is 0.0714. The van der Waals surface area contributed by atoms with Crippen molar-refractivity contribution in [2.75, 3.05) is 11.1 Å². The van der Waals surface area contributed by atoms with Gasteiger partial charge >= 0.3 is 6.18 Å². The third kappa shape index (κ3) is 3.33. The first kappa shape index (κ1) is 15.7. The van der Waals surface area contributed by atoms with Gasteiger partial charge in [-0.3, -0.25) is 4.79 Å². The molecule has 0 heterocycles. The molecule has 0 aliphatic rings. The highest BCUT2D eigenvalue weighted by molar-refractivity contribution is 6.05. The van der Waals surface area contributed by atoms with Gasteiger partial charge in [0.25, 0.3) is 5.91 Å². The Bertz CT molecular complexity index is 728. The number of hydrogen-bond donors (Lipinski definition) is 2. The van der Waals surface area contributed by atoms with E-state index in [4.69, 9.17) is 5.73 Å². The van der Waals surface area contributed by atoms with Crippen LogP contribution in [0.5, 0.6) is 0 Å². The quantitative estimate of drug-likeness (QED) is 0.654. The van der Waals surface area contributed by atoms with Crippen LogP contribution in [0.4, 0.5) is 33.3 Å². The van der Waals surface area contributed by atoms with Gasteiger partial charge in [-0.1, -0.05) is 0 Å². The number of nitrogens with two attached hydrogens (primary N) is 1. The van der Waals surface area contributed by atoms with E-state index in [0.29, 0.717) is 18.2 Å². The lowest BCUT2D eigenvalue weighted by atomic mass is 10.1. The Labute approximate surface area is 121 Å². The van der Waals surface area contributed by atoms with Crippen molar-refractivity contribution in [2.45, 2.75) is 6.18 Å². The van der Waals surface area contributed by atoms with Crippen LogP contribution in [-0.4, -0.2) is 5.91 Å². The lowest BCUT2D eigenvalue weighted by Gasteiger charge is -2.13. The smallest absolute Gasteiger partial charge is 0.396 e. The number of alkyl halides is 3. The topological polar surface area (TPSA) is 55.1 Å². The number of carbonyl (C=O) groups is 1. The van der Waals surface area contributed by atoms with Crippen molar-refractivity contribution in [1.82, 2.24) is 0 Å². The molecule has 0 aromatic heterocycles. The minimum atomic E-state index is -4.83. The third-order valence-corrected chi connectivity index (χ3v) is 2.79. The van der Waals surface area contributed by atoms with Crippen molar-refractivity contribution in [2.24, 2.45) is 0 Å². The molecule has 3 nitrogen and oxygen atoms in total. The van der Waals surface area contributed by atoms with Crippen LogP contribution >= 0.6 is 0 Å². The van der Waals surface area contributed by atoms with Crippen molar-refractivity contribution in [1.29, 1.82) is 0 Å². The molecule has 0 bridgehead atoms. The van der Waals surface area contributed by atoms with Crippen molar-refractivity contribution in [3.05, 3.63) is 59.2 Å². The van der Waals surface area contributed by atoms with E-state index >= 15 is 0 Å². The maximum atomic E-state index is 13.2. The van der Waals surface area contributed by atoms with Crippen LogP contribution in [0.3, 0.4) is 0 Å². The second-order valence-electron chi connectivity index (χ2n) is 4.38. The Hall–Kier alpha value is -2.64. The number of halogens is 5. The molecule has 0 spiro atoms. The highest BCUT2D eigenvalue weighted by Gasteiger charge is 2.35.